The average Bonchev–Trinajstić information content (AvgIpc) is 2.53. The number of carboxylic acid groups (broad SMARTS) is 1. The first-order chi connectivity index (χ1) is 10.4. The van der Waals surface area contributed by atoms with Crippen molar-refractivity contribution in [2.24, 2.45) is 0 Å². The summed E-state index contributed by atoms with van der Waals surface area (Å²) in [4.78, 5) is 24.0. The van der Waals surface area contributed by atoms with Crippen LogP contribution in [0.15, 0.2) is 0 Å². The van der Waals surface area contributed by atoms with Gasteiger partial charge in [0.2, 0.25) is 15.9 Å². The second-order valence-corrected chi connectivity index (χ2v) is 7.77. The standard InChI is InChI=1S/C13H22N2O6S/c16-12(3-4-13(17)18)14-5-1-2-11(10-14)22(19,20)15-6-8-21-9-7-15/h11H,1-10H2,(H,17,18). The summed E-state index contributed by atoms with van der Waals surface area (Å²) >= 11 is 0. The Morgan fingerprint density at radius 3 is 2.45 bits per heavy atom. The number of nitrogens with zero attached hydrogens (tertiary/aromatic N) is 2. The fourth-order valence-corrected chi connectivity index (χ4v) is 4.70. The van der Waals surface area contributed by atoms with E-state index in [4.69, 9.17) is 9.84 Å². The lowest BCUT2D eigenvalue weighted by molar-refractivity contribution is -0.141. The number of sulfonamides is 1. The van der Waals surface area contributed by atoms with Crippen LogP contribution in [0.5, 0.6) is 0 Å². The molecule has 0 aromatic rings. The lowest BCUT2D eigenvalue weighted by Gasteiger charge is -2.36. The van der Waals surface area contributed by atoms with E-state index in [9.17, 15) is 18.0 Å². The number of rotatable bonds is 5. The molecule has 0 aliphatic carbocycles. The van der Waals surface area contributed by atoms with Crippen LogP contribution in [0.2, 0.25) is 0 Å². The molecule has 2 aliphatic rings. The Hall–Kier alpha value is -1.19. The highest BCUT2D eigenvalue weighted by atomic mass is 32.2. The molecule has 0 radical (unpaired) electrons. The molecule has 22 heavy (non-hydrogen) atoms. The maximum absolute atomic E-state index is 12.6. The Kier molecular flexibility index (Phi) is 5.76. The zero-order valence-electron chi connectivity index (χ0n) is 12.4. The number of carbonyl (C=O) groups is 2. The van der Waals surface area contributed by atoms with Crippen molar-refractivity contribution in [1.29, 1.82) is 0 Å². The molecular weight excluding hydrogens is 312 g/mol. The van der Waals surface area contributed by atoms with Crippen molar-refractivity contribution < 1.29 is 27.9 Å². The Morgan fingerprint density at radius 2 is 1.82 bits per heavy atom. The van der Waals surface area contributed by atoms with Crippen LogP contribution in [0.1, 0.15) is 25.7 Å². The van der Waals surface area contributed by atoms with Crippen LogP contribution in [0, 0.1) is 0 Å². The van der Waals surface area contributed by atoms with Crippen molar-refractivity contribution in [3.8, 4) is 0 Å². The Labute approximate surface area is 130 Å². The lowest BCUT2D eigenvalue weighted by Crippen LogP contribution is -2.51. The van der Waals surface area contributed by atoms with Gasteiger partial charge in [-0.2, -0.15) is 4.31 Å². The third-order valence-corrected chi connectivity index (χ3v) is 6.35. The van der Waals surface area contributed by atoms with Gasteiger partial charge in [0.25, 0.3) is 0 Å². The molecule has 2 heterocycles. The van der Waals surface area contributed by atoms with Gasteiger partial charge < -0.3 is 14.7 Å². The molecule has 2 rings (SSSR count). The van der Waals surface area contributed by atoms with E-state index in [1.54, 1.807) is 0 Å². The Balaban J connectivity index is 1.97. The molecule has 2 aliphatic heterocycles. The average molecular weight is 334 g/mol. The van der Waals surface area contributed by atoms with Crippen molar-refractivity contribution in [1.82, 2.24) is 9.21 Å². The number of carboxylic acids is 1. The monoisotopic (exact) mass is 334 g/mol. The molecule has 0 saturated carbocycles. The quantitative estimate of drug-likeness (QED) is 0.727. The van der Waals surface area contributed by atoms with Gasteiger partial charge in [-0.25, -0.2) is 8.42 Å². The summed E-state index contributed by atoms with van der Waals surface area (Å²) in [6, 6.07) is 0. The number of carbonyl (C=O) groups excluding carboxylic acids is 1. The second-order valence-electron chi connectivity index (χ2n) is 5.55. The SMILES string of the molecule is O=C(O)CCC(=O)N1CCCC(S(=O)(=O)N2CCOCC2)C1. The van der Waals surface area contributed by atoms with E-state index in [0.717, 1.165) is 0 Å². The van der Waals surface area contributed by atoms with Crippen LogP contribution >= 0.6 is 0 Å². The van der Waals surface area contributed by atoms with Crippen LogP contribution in [0.4, 0.5) is 0 Å². The summed E-state index contributed by atoms with van der Waals surface area (Å²) in [5.74, 6) is -1.31. The smallest absolute Gasteiger partial charge is 0.303 e. The van der Waals surface area contributed by atoms with Gasteiger partial charge >= 0.3 is 5.97 Å². The molecule has 1 unspecified atom stereocenters. The molecule has 126 valence electrons. The molecule has 0 aromatic carbocycles. The molecule has 8 nitrogen and oxygen atoms in total. The molecule has 1 amide bonds. The summed E-state index contributed by atoms with van der Waals surface area (Å²) in [6.45, 7) is 2.14. The van der Waals surface area contributed by atoms with Gasteiger partial charge in [0.15, 0.2) is 0 Å². The number of likely N-dealkylation sites (tertiary alicyclic amines) is 1. The van der Waals surface area contributed by atoms with Gasteiger partial charge in [0, 0.05) is 32.6 Å². The minimum Gasteiger partial charge on any atom is -0.481 e. The van der Waals surface area contributed by atoms with E-state index < -0.39 is 21.2 Å². The summed E-state index contributed by atoms with van der Waals surface area (Å²) in [5, 5.41) is 8.02. The van der Waals surface area contributed by atoms with Crippen molar-refractivity contribution >= 4 is 21.9 Å². The number of ether oxygens (including phenoxy) is 1. The summed E-state index contributed by atoms with van der Waals surface area (Å²) < 4.78 is 31.8. The molecular formula is C13H22N2O6S. The minimum atomic E-state index is -3.44. The number of aliphatic carboxylic acids is 1. The predicted octanol–water partition coefficient (Wildman–Crippen LogP) is -0.496. The van der Waals surface area contributed by atoms with Crippen LogP contribution in [-0.2, 0) is 24.3 Å². The van der Waals surface area contributed by atoms with Crippen molar-refractivity contribution in [2.75, 3.05) is 39.4 Å². The van der Waals surface area contributed by atoms with Gasteiger partial charge in [0.05, 0.1) is 24.9 Å². The van der Waals surface area contributed by atoms with Crippen molar-refractivity contribution in [3.05, 3.63) is 0 Å². The van der Waals surface area contributed by atoms with E-state index in [1.165, 1.54) is 9.21 Å². The van der Waals surface area contributed by atoms with Gasteiger partial charge in [-0.05, 0) is 12.8 Å². The first-order valence-corrected chi connectivity index (χ1v) is 8.98. The van der Waals surface area contributed by atoms with E-state index in [2.05, 4.69) is 0 Å². The molecule has 0 spiro atoms. The fraction of sp³-hybridized carbons (Fsp3) is 0.846. The van der Waals surface area contributed by atoms with Gasteiger partial charge in [-0.1, -0.05) is 0 Å². The topological polar surface area (TPSA) is 104 Å². The first kappa shape index (κ1) is 17.2. The Bertz CT molecular complexity index is 515. The minimum absolute atomic E-state index is 0.0837. The number of hydrogen-bond acceptors (Lipinski definition) is 5. The van der Waals surface area contributed by atoms with Crippen LogP contribution in [0.3, 0.4) is 0 Å². The highest BCUT2D eigenvalue weighted by Gasteiger charge is 2.37. The van der Waals surface area contributed by atoms with Crippen molar-refractivity contribution in [2.45, 2.75) is 30.9 Å². The van der Waals surface area contributed by atoms with Crippen LogP contribution in [0.25, 0.3) is 0 Å². The normalized spacial score (nSPS) is 24.2. The Morgan fingerprint density at radius 1 is 1.14 bits per heavy atom. The van der Waals surface area contributed by atoms with Gasteiger partial charge in [0.1, 0.15) is 0 Å². The maximum Gasteiger partial charge on any atom is 0.303 e. The molecule has 2 fully saturated rings. The molecule has 0 bridgehead atoms. The molecule has 2 saturated heterocycles. The van der Waals surface area contributed by atoms with Gasteiger partial charge in [-0.3, -0.25) is 9.59 Å². The van der Waals surface area contributed by atoms with Crippen LogP contribution in [-0.4, -0.2) is 79.2 Å². The number of morpholine rings is 1. The van der Waals surface area contributed by atoms with Crippen LogP contribution < -0.4 is 0 Å². The highest BCUT2D eigenvalue weighted by Crippen LogP contribution is 2.22. The molecule has 1 atom stereocenters. The molecule has 1 N–H and O–H groups in total. The molecule has 0 aromatic heterocycles. The third-order valence-electron chi connectivity index (χ3n) is 4.03. The first-order valence-electron chi connectivity index (χ1n) is 7.47. The lowest BCUT2D eigenvalue weighted by atomic mass is 10.1. The van der Waals surface area contributed by atoms with E-state index in [0.29, 0.717) is 45.7 Å². The highest BCUT2D eigenvalue weighted by molar-refractivity contribution is 7.89. The summed E-state index contributed by atoms with van der Waals surface area (Å²) in [6.07, 6.45) is 0.839. The van der Waals surface area contributed by atoms with Crippen molar-refractivity contribution in [3.63, 3.8) is 0 Å². The third kappa shape index (κ3) is 4.17. The van der Waals surface area contributed by atoms with E-state index in [-0.39, 0.29) is 25.3 Å². The zero-order chi connectivity index (χ0) is 16.2. The van der Waals surface area contributed by atoms with E-state index in [1.807, 2.05) is 0 Å². The fourth-order valence-electron chi connectivity index (χ4n) is 2.79. The predicted molar refractivity (Wildman–Crippen MR) is 77.8 cm³/mol. The van der Waals surface area contributed by atoms with Gasteiger partial charge in [-0.15, -0.1) is 0 Å². The second kappa shape index (κ2) is 7.38. The van der Waals surface area contributed by atoms with E-state index >= 15 is 0 Å². The summed E-state index contributed by atoms with van der Waals surface area (Å²) in [7, 11) is -3.44. The largest absolute Gasteiger partial charge is 0.481 e. The zero-order valence-corrected chi connectivity index (χ0v) is 13.3. The molecule has 9 heteroatoms. The number of amides is 1. The number of hydrogen-bond donors (Lipinski definition) is 1. The summed E-state index contributed by atoms with van der Waals surface area (Å²) in [5.41, 5.74) is 0. The maximum atomic E-state index is 12.6. The number of piperidine rings is 1.